The molecule has 3 aromatic rings. The molecule has 28 heavy (non-hydrogen) atoms. The standard InChI is InChI=1S/C23H22N2O3/c1-24-13-19-8-7-18(11-20(19)14-24)22(26)15-25-10-9-21(12-23(25)27)28-16-17-5-3-2-4-6-17/h2-12H,13-16H2,1H3. The van der Waals surface area contributed by atoms with Crippen molar-refractivity contribution in [2.45, 2.75) is 26.2 Å². The summed E-state index contributed by atoms with van der Waals surface area (Å²) >= 11 is 0. The van der Waals surface area contributed by atoms with Crippen molar-refractivity contribution in [3.05, 3.63) is 99.5 Å². The van der Waals surface area contributed by atoms with Crippen molar-refractivity contribution in [3.8, 4) is 5.75 Å². The molecular formula is C23H22N2O3. The van der Waals surface area contributed by atoms with Crippen LogP contribution in [0, 0.1) is 0 Å². The quantitative estimate of drug-likeness (QED) is 0.622. The van der Waals surface area contributed by atoms with Crippen LogP contribution in [0.25, 0.3) is 0 Å². The molecule has 0 unspecified atom stereocenters. The fourth-order valence-electron chi connectivity index (χ4n) is 3.44. The molecule has 4 rings (SSSR count). The molecule has 1 aliphatic heterocycles. The summed E-state index contributed by atoms with van der Waals surface area (Å²) in [6, 6.07) is 18.7. The molecule has 5 nitrogen and oxygen atoms in total. The van der Waals surface area contributed by atoms with E-state index in [9.17, 15) is 9.59 Å². The van der Waals surface area contributed by atoms with E-state index in [4.69, 9.17) is 4.74 Å². The zero-order valence-corrected chi connectivity index (χ0v) is 15.8. The summed E-state index contributed by atoms with van der Waals surface area (Å²) in [5.41, 5.74) is 3.87. The molecule has 2 aromatic carbocycles. The number of carbonyl (C=O) groups excluding carboxylic acids is 1. The topological polar surface area (TPSA) is 51.5 Å². The molecule has 0 fully saturated rings. The zero-order chi connectivity index (χ0) is 19.5. The van der Waals surface area contributed by atoms with Crippen molar-refractivity contribution in [3.63, 3.8) is 0 Å². The van der Waals surface area contributed by atoms with Crippen LogP contribution in [0.2, 0.25) is 0 Å². The van der Waals surface area contributed by atoms with Crippen molar-refractivity contribution < 1.29 is 9.53 Å². The second-order valence-electron chi connectivity index (χ2n) is 7.18. The van der Waals surface area contributed by atoms with Crippen molar-refractivity contribution in [1.29, 1.82) is 0 Å². The summed E-state index contributed by atoms with van der Waals surface area (Å²) in [6.07, 6.45) is 1.61. The van der Waals surface area contributed by atoms with Crippen LogP contribution in [0.4, 0.5) is 0 Å². The van der Waals surface area contributed by atoms with Crippen LogP contribution in [-0.2, 0) is 26.2 Å². The van der Waals surface area contributed by atoms with Gasteiger partial charge in [0.05, 0.1) is 6.54 Å². The molecule has 0 spiro atoms. The number of ketones is 1. The first-order valence-corrected chi connectivity index (χ1v) is 9.29. The van der Waals surface area contributed by atoms with Crippen LogP contribution in [0.3, 0.4) is 0 Å². The maximum absolute atomic E-state index is 12.6. The summed E-state index contributed by atoms with van der Waals surface area (Å²) in [5.74, 6) is 0.426. The molecule has 2 heterocycles. The summed E-state index contributed by atoms with van der Waals surface area (Å²) in [7, 11) is 2.06. The fraction of sp³-hybridized carbons (Fsp3) is 0.217. The predicted octanol–water partition coefficient (Wildman–Crippen LogP) is 3.26. The van der Waals surface area contributed by atoms with E-state index in [0.29, 0.717) is 17.9 Å². The first-order chi connectivity index (χ1) is 13.6. The molecule has 0 saturated heterocycles. The van der Waals surface area contributed by atoms with E-state index in [1.54, 1.807) is 12.3 Å². The first kappa shape index (κ1) is 18.2. The molecule has 0 N–H and O–H groups in total. The zero-order valence-electron chi connectivity index (χ0n) is 15.8. The third-order valence-electron chi connectivity index (χ3n) is 4.94. The molecule has 142 valence electrons. The maximum atomic E-state index is 12.6. The normalized spacial score (nSPS) is 13.3. The average Bonchev–Trinajstić information content (AvgIpc) is 3.08. The lowest BCUT2D eigenvalue weighted by Crippen LogP contribution is -2.23. The van der Waals surface area contributed by atoms with Gasteiger partial charge in [0.1, 0.15) is 12.4 Å². The summed E-state index contributed by atoms with van der Waals surface area (Å²) in [4.78, 5) is 27.2. The molecule has 0 amide bonds. The van der Waals surface area contributed by atoms with Gasteiger partial charge in [-0.25, -0.2) is 0 Å². The van der Waals surface area contributed by atoms with E-state index in [2.05, 4.69) is 11.9 Å². The molecule has 0 saturated carbocycles. The van der Waals surface area contributed by atoms with Gasteiger partial charge in [0.15, 0.2) is 5.78 Å². The fourth-order valence-corrected chi connectivity index (χ4v) is 3.44. The Balaban J connectivity index is 1.43. The van der Waals surface area contributed by atoms with Gasteiger partial charge in [-0.3, -0.25) is 14.5 Å². The first-order valence-electron chi connectivity index (χ1n) is 9.29. The predicted molar refractivity (Wildman–Crippen MR) is 107 cm³/mol. The highest BCUT2D eigenvalue weighted by Crippen LogP contribution is 2.22. The molecule has 5 heteroatoms. The van der Waals surface area contributed by atoms with E-state index in [-0.39, 0.29) is 17.9 Å². The third-order valence-corrected chi connectivity index (χ3v) is 4.94. The van der Waals surface area contributed by atoms with Crippen molar-refractivity contribution in [2.75, 3.05) is 7.05 Å². The number of Topliss-reactive ketones (excluding diaryl/α,β-unsaturated/α-hetero) is 1. The molecule has 0 bridgehead atoms. The van der Waals surface area contributed by atoms with Gasteiger partial charge >= 0.3 is 0 Å². The van der Waals surface area contributed by atoms with E-state index in [0.717, 1.165) is 18.7 Å². The number of pyridine rings is 1. The van der Waals surface area contributed by atoms with Crippen LogP contribution in [0.5, 0.6) is 5.75 Å². The number of hydrogen-bond donors (Lipinski definition) is 0. The highest BCUT2D eigenvalue weighted by Gasteiger charge is 2.17. The van der Waals surface area contributed by atoms with Crippen molar-refractivity contribution in [1.82, 2.24) is 9.47 Å². The van der Waals surface area contributed by atoms with Gasteiger partial charge in [-0.05, 0) is 35.9 Å². The van der Waals surface area contributed by atoms with Crippen LogP contribution >= 0.6 is 0 Å². The lowest BCUT2D eigenvalue weighted by atomic mass is 10.0. The highest BCUT2D eigenvalue weighted by atomic mass is 16.5. The van der Waals surface area contributed by atoms with Gasteiger partial charge in [-0.1, -0.05) is 42.5 Å². The monoisotopic (exact) mass is 374 g/mol. The Morgan fingerprint density at radius 2 is 1.79 bits per heavy atom. The number of nitrogens with zero attached hydrogens (tertiary/aromatic N) is 2. The second kappa shape index (κ2) is 7.82. The van der Waals surface area contributed by atoms with Crippen molar-refractivity contribution in [2.24, 2.45) is 0 Å². The molecule has 1 aromatic heterocycles. The minimum atomic E-state index is -0.250. The van der Waals surface area contributed by atoms with Crippen LogP contribution in [0.1, 0.15) is 27.0 Å². The van der Waals surface area contributed by atoms with Gasteiger partial charge in [0, 0.05) is 30.9 Å². The number of carbonyl (C=O) groups is 1. The Kier molecular flexibility index (Phi) is 5.08. The number of benzene rings is 2. The Bertz CT molecular complexity index is 1060. The number of fused-ring (bicyclic) bond motifs is 1. The van der Waals surface area contributed by atoms with Gasteiger partial charge in [-0.2, -0.15) is 0 Å². The Labute approximate surface area is 163 Å². The van der Waals surface area contributed by atoms with Gasteiger partial charge in [0.25, 0.3) is 5.56 Å². The van der Waals surface area contributed by atoms with Gasteiger partial charge < -0.3 is 9.30 Å². The Morgan fingerprint density at radius 3 is 2.57 bits per heavy atom. The van der Waals surface area contributed by atoms with Crippen LogP contribution in [0.15, 0.2) is 71.7 Å². The minimum Gasteiger partial charge on any atom is -0.489 e. The molecular weight excluding hydrogens is 352 g/mol. The smallest absolute Gasteiger partial charge is 0.254 e. The van der Waals surface area contributed by atoms with Gasteiger partial charge in [-0.15, -0.1) is 0 Å². The number of rotatable bonds is 6. The van der Waals surface area contributed by atoms with E-state index < -0.39 is 0 Å². The largest absolute Gasteiger partial charge is 0.489 e. The van der Waals surface area contributed by atoms with Crippen molar-refractivity contribution >= 4 is 5.78 Å². The average molecular weight is 374 g/mol. The number of aromatic nitrogens is 1. The van der Waals surface area contributed by atoms with Gasteiger partial charge in [0.2, 0.25) is 0 Å². The second-order valence-corrected chi connectivity index (χ2v) is 7.18. The maximum Gasteiger partial charge on any atom is 0.254 e. The Morgan fingerprint density at radius 1 is 1.00 bits per heavy atom. The number of ether oxygens (including phenoxy) is 1. The molecule has 0 radical (unpaired) electrons. The van der Waals surface area contributed by atoms with E-state index in [1.165, 1.54) is 21.8 Å². The summed E-state index contributed by atoms with van der Waals surface area (Å²) < 4.78 is 7.09. The van der Waals surface area contributed by atoms with E-state index >= 15 is 0 Å². The third kappa shape index (κ3) is 4.05. The highest BCUT2D eigenvalue weighted by molar-refractivity contribution is 5.96. The lowest BCUT2D eigenvalue weighted by molar-refractivity contribution is 0.0970. The molecule has 0 atom stereocenters. The number of hydrogen-bond acceptors (Lipinski definition) is 4. The SMILES string of the molecule is CN1Cc2ccc(C(=O)Cn3ccc(OCc4ccccc4)cc3=O)cc2C1. The van der Waals surface area contributed by atoms with Crippen LogP contribution in [-0.4, -0.2) is 22.3 Å². The summed E-state index contributed by atoms with van der Waals surface area (Å²) in [5, 5.41) is 0. The summed E-state index contributed by atoms with van der Waals surface area (Å²) in [6.45, 7) is 2.18. The minimum absolute atomic E-state index is 0.0203. The van der Waals surface area contributed by atoms with Crippen LogP contribution < -0.4 is 10.3 Å². The molecule has 0 aliphatic carbocycles. The lowest BCUT2D eigenvalue weighted by Gasteiger charge is -2.09. The molecule has 1 aliphatic rings. The van der Waals surface area contributed by atoms with E-state index in [1.807, 2.05) is 48.5 Å². The Hall–Kier alpha value is -3.18.